The first-order valence-electron chi connectivity index (χ1n) is 7.49. The summed E-state index contributed by atoms with van der Waals surface area (Å²) in [6, 6.07) is 0.00418. The van der Waals surface area contributed by atoms with Crippen molar-refractivity contribution in [1.82, 2.24) is 15.1 Å². The van der Waals surface area contributed by atoms with E-state index in [2.05, 4.69) is 5.32 Å². The Labute approximate surface area is 120 Å². The minimum Gasteiger partial charge on any atom is -0.378 e. The maximum absolute atomic E-state index is 12.5. The molecule has 0 aromatic rings. The van der Waals surface area contributed by atoms with E-state index < -0.39 is 0 Å². The maximum Gasteiger partial charge on any atom is 0.245 e. The smallest absolute Gasteiger partial charge is 0.245 e. The second-order valence-corrected chi connectivity index (χ2v) is 5.72. The normalized spacial score (nSPS) is 23.4. The number of hydrogen-bond acceptors (Lipinski definition) is 4. The molecule has 2 aliphatic rings. The topological polar surface area (TPSA) is 61.9 Å². The highest BCUT2D eigenvalue weighted by atomic mass is 16.5. The molecule has 114 valence electrons. The van der Waals surface area contributed by atoms with Gasteiger partial charge in [-0.2, -0.15) is 0 Å². The summed E-state index contributed by atoms with van der Waals surface area (Å²) in [5.74, 6) is 0.117. The summed E-state index contributed by atoms with van der Waals surface area (Å²) < 4.78 is 5.27. The Morgan fingerprint density at radius 1 is 1.25 bits per heavy atom. The fraction of sp³-hybridized carbons (Fsp3) is 0.857. The van der Waals surface area contributed by atoms with Gasteiger partial charge in [-0.05, 0) is 12.8 Å². The highest BCUT2D eigenvalue weighted by Gasteiger charge is 2.36. The highest BCUT2D eigenvalue weighted by molar-refractivity contribution is 5.89. The predicted octanol–water partition coefficient (Wildman–Crippen LogP) is -0.166. The van der Waals surface area contributed by atoms with E-state index in [0.29, 0.717) is 39.4 Å². The second kappa shape index (κ2) is 7.04. The van der Waals surface area contributed by atoms with Gasteiger partial charge in [0, 0.05) is 25.7 Å². The van der Waals surface area contributed by atoms with Gasteiger partial charge in [0.25, 0.3) is 0 Å². The van der Waals surface area contributed by atoms with Crippen LogP contribution in [0, 0.1) is 0 Å². The molecule has 1 atom stereocenters. The molecule has 2 rings (SSSR count). The molecule has 20 heavy (non-hydrogen) atoms. The minimum atomic E-state index is -0.269. The fourth-order valence-corrected chi connectivity index (χ4v) is 2.71. The van der Waals surface area contributed by atoms with Gasteiger partial charge in [0.1, 0.15) is 6.04 Å². The number of nitrogens with zero attached hydrogens (tertiary/aromatic N) is 2. The molecule has 0 saturated carbocycles. The molecule has 0 aromatic carbocycles. The number of likely N-dealkylation sites (tertiary alicyclic amines) is 1. The largest absolute Gasteiger partial charge is 0.378 e. The van der Waals surface area contributed by atoms with Gasteiger partial charge < -0.3 is 19.9 Å². The number of carbonyl (C=O) groups excluding carboxylic acids is 2. The van der Waals surface area contributed by atoms with E-state index >= 15 is 0 Å². The lowest BCUT2D eigenvalue weighted by atomic mass is 10.2. The summed E-state index contributed by atoms with van der Waals surface area (Å²) in [5.41, 5.74) is 0. The molecule has 2 aliphatic heterocycles. The summed E-state index contributed by atoms with van der Waals surface area (Å²) in [6.07, 6.45) is 1.69. The Balaban J connectivity index is 1.92. The van der Waals surface area contributed by atoms with Crippen LogP contribution in [0.2, 0.25) is 0 Å². The third-order valence-corrected chi connectivity index (χ3v) is 3.84. The zero-order valence-corrected chi connectivity index (χ0v) is 12.4. The lowest BCUT2D eigenvalue weighted by molar-refractivity contribution is -0.146. The maximum atomic E-state index is 12.5. The van der Waals surface area contributed by atoms with Gasteiger partial charge in [0.2, 0.25) is 11.8 Å². The first kappa shape index (κ1) is 15.3. The SMILES string of the molecule is CC(C)NCC(=O)N1CCCC1C(=O)N1CCOCC1. The number of nitrogens with one attached hydrogen (secondary N) is 1. The molecule has 0 aromatic heterocycles. The van der Waals surface area contributed by atoms with Crippen molar-refractivity contribution in [3.8, 4) is 0 Å². The van der Waals surface area contributed by atoms with Crippen LogP contribution in [0.5, 0.6) is 0 Å². The van der Waals surface area contributed by atoms with Crippen LogP contribution in [0.3, 0.4) is 0 Å². The van der Waals surface area contributed by atoms with Crippen molar-refractivity contribution in [2.75, 3.05) is 39.4 Å². The van der Waals surface area contributed by atoms with Crippen molar-refractivity contribution in [3.05, 3.63) is 0 Å². The van der Waals surface area contributed by atoms with Gasteiger partial charge >= 0.3 is 0 Å². The summed E-state index contributed by atoms with van der Waals surface area (Å²) in [7, 11) is 0. The Bertz CT molecular complexity index is 354. The van der Waals surface area contributed by atoms with E-state index in [1.54, 1.807) is 4.90 Å². The molecule has 0 bridgehead atoms. The molecule has 2 heterocycles. The van der Waals surface area contributed by atoms with Crippen molar-refractivity contribution in [3.63, 3.8) is 0 Å². The molecule has 0 radical (unpaired) electrons. The first-order chi connectivity index (χ1) is 9.59. The van der Waals surface area contributed by atoms with Gasteiger partial charge in [-0.25, -0.2) is 0 Å². The summed E-state index contributed by atoms with van der Waals surface area (Å²) in [6.45, 7) is 7.50. The van der Waals surface area contributed by atoms with Crippen LogP contribution in [0.25, 0.3) is 0 Å². The molecule has 2 fully saturated rings. The lowest BCUT2D eigenvalue weighted by Gasteiger charge is -2.32. The lowest BCUT2D eigenvalue weighted by Crippen LogP contribution is -2.52. The number of morpholine rings is 1. The number of amides is 2. The Hall–Kier alpha value is -1.14. The molecule has 0 spiro atoms. The zero-order valence-electron chi connectivity index (χ0n) is 12.4. The van der Waals surface area contributed by atoms with E-state index in [1.807, 2.05) is 18.7 Å². The van der Waals surface area contributed by atoms with Gasteiger partial charge in [0.05, 0.1) is 19.8 Å². The molecular formula is C14H25N3O3. The number of carbonyl (C=O) groups is 2. The second-order valence-electron chi connectivity index (χ2n) is 5.72. The van der Waals surface area contributed by atoms with Crippen molar-refractivity contribution in [1.29, 1.82) is 0 Å². The quantitative estimate of drug-likeness (QED) is 0.778. The monoisotopic (exact) mass is 283 g/mol. The average Bonchev–Trinajstić information content (AvgIpc) is 2.94. The summed E-state index contributed by atoms with van der Waals surface area (Å²) in [4.78, 5) is 28.3. The van der Waals surface area contributed by atoms with Crippen LogP contribution in [0.1, 0.15) is 26.7 Å². The highest BCUT2D eigenvalue weighted by Crippen LogP contribution is 2.20. The summed E-state index contributed by atoms with van der Waals surface area (Å²) in [5, 5.41) is 3.13. The summed E-state index contributed by atoms with van der Waals surface area (Å²) >= 11 is 0. The van der Waals surface area contributed by atoms with Crippen molar-refractivity contribution >= 4 is 11.8 Å². The van der Waals surface area contributed by atoms with Gasteiger partial charge in [-0.1, -0.05) is 13.8 Å². The molecule has 0 aliphatic carbocycles. The number of rotatable bonds is 4. The number of ether oxygens (including phenoxy) is 1. The molecule has 6 nitrogen and oxygen atoms in total. The van der Waals surface area contributed by atoms with E-state index in [-0.39, 0.29) is 23.9 Å². The van der Waals surface area contributed by atoms with Crippen LogP contribution >= 0.6 is 0 Å². The van der Waals surface area contributed by atoms with E-state index in [0.717, 1.165) is 12.8 Å². The van der Waals surface area contributed by atoms with Gasteiger partial charge in [-0.3, -0.25) is 9.59 Å². The molecule has 2 saturated heterocycles. The predicted molar refractivity (Wildman–Crippen MR) is 75.3 cm³/mol. The van der Waals surface area contributed by atoms with Crippen molar-refractivity contribution < 1.29 is 14.3 Å². The Kier molecular flexibility index (Phi) is 5.37. The minimum absolute atomic E-state index is 0.0304. The number of hydrogen-bond donors (Lipinski definition) is 1. The van der Waals surface area contributed by atoms with Crippen LogP contribution in [-0.4, -0.2) is 73.1 Å². The Morgan fingerprint density at radius 2 is 1.95 bits per heavy atom. The van der Waals surface area contributed by atoms with Crippen molar-refractivity contribution in [2.45, 2.75) is 38.8 Å². The Morgan fingerprint density at radius 3 is 2.60 bits per heavy atom. The van der Waals surface area contributed by atoms with E-state index in [4.69, 9.17) is 4.74 Å². The van der Waals surface area contributed by atoms with Crippen molar-refractivity contribution in [2.24, 2.45) is 0 Å². The van der Waals surface area contributed by atoms with Gasteiger partial charge in [-0.15, -0.1) is 0 Å². The third kappa shape index (κ3) is 3.70. The van der Waals surface area contributed by atoms with Crippen LogP contribution in [0.15, 0.2) is 0 Å². The standard InChI is InChI=1S/C14H25N3O3/c1-11(2)15-10-13(18)17-5-3-4-12(17)14(19)16-6-8-20-9-7-16/h11-12,15H,3-10H2,1-2H3. The van der Waals surface area contributed by atoms with Crippen LogP contribution < -0.4 is 5.32 Å². The van der Waals surface area contributed by atoms with Crippen LogP contribution in [-0.2, 0) is 14.3 Å². The zero-order chi connectivity index (χ0) is 14.5. The third-order valence-electron chi connectivity index (χ3n) is 3.84. The average molecular weight is 283 g/mol. The van der Waals surface area contributed by atoms with Crippen LogP contribution in [0.4, 0.5) is 0 Å². The molecule has 2 amide bonds. The molecule has 6 heteroatoms. The van der Waals surface area contributed by atoms with E-state index in [9.17, 15) is 9.59 Å². The first-order valence-corrected chi connectivity index (χ1v) is 7.49. The molecular weight excluding hydrogens is 258 g/mol. The fourth-order valence-electron chi connectivity index (χ4n) is 2.71. The molecule has 1 N–H and O–H groups in total. The van der Waals surface area contributed by atoms with Gasteiger partial charge in [0.15, 0.2) is 0 Å². The van der Waals surface area contributed by atoms with E-state index in [1.165, 1.54) is 0 Å². The molecule has 1 unspecified atom stereocenters.